The fraction of sp³-hybridized carbons (Fsp3) is 0.111. The molecule has 3 aromatic heterocycles. The van der Waals surface area contributed by atoms with Crippen LogP contribution in [0.4, 0.5) is 18.3 Å². The first-order valence-electron chi connectivity index (χ1n) is 8.08. The molecule has 0 aliphatic carbocycles. The Morgan fingerprint density at radius 1 is 1.21 bits per heavy atom. The van der Waals surface area contributed by atoms with Crippen LogP contribution in [0.3, 0.4) is 0 Å². The van der Waals surface area contributed by atoms with Crippen LogP contribution in [-0.4, -0.2) is 25.5 Å². The fourth-order valence-corrected chi connectivity index (χ4v) is 3.39. The molecule has 142 valence electrons. The van der Waals surface area contributed by atoms with Crippen molar-refractivity contribution in [1.29, 1.82) is 0 Å². The molecule has 10 heteroatoms. The molecule has 0 radical (unpaired) electrons. The fourth-order valence-electron chi connectivity index (χ4n) is 2.73. The molecule has 1 aromatic carbocycles. The molecule has 28 heavy (non-hydrogen) atoms. The second kappa shape index (κ2) is 6.71. The summed E-state index contributed by atoms with van der Waals surface area (Å²) in [5.41, 5.74) is -0.477. The third-order valence-electron chi connectivity index (χ3n) is 3.96. The summed E-state index contributed by atoms with van der Waals surface area (Å²) in [6.07, 6.45) is -0.146. The quantitative estimate of drug-likeness (QED) is 0.549. The van der Waals surface area contributed by atoms with Gasteiger partial charge in [-0.2, -0.15) is 18.3 Å². The van der Waals surface area contributed by atoms with Crippen LogP contribution in [0.2, 0.25) is 0 Å². The Balaban J connectivity index is 1.77. The average molecular weight is 403 g/mol. The van der Waals surface area contributed by atoms with E-state index in [0.717, 1.165) is 10.9 Å². The summed E-state index contributed by atoms with van der Waals surface area (Å²) in [6.45, 7) is 1.86. The second-order valence-corrected chi connectivity index (χ2v) is 7.15. The number of benzene rings is 1. The van der Waals surface area contributed by atoms with E-state index in [9.17, 15) is 18.0 Å². The lowest BCUT2D eigenvalue weighted by atomic mass is 10.1. The summed E-state index contributed by atoms with van der Waals surface area (Å²) >= 11 is 1.31. The van der Waals surface area contributed by atoms with E-state index in [0.29, 0.717) is 5.13 Å². The Bertz CT molecular complexity index is 1180. The Kier molecular flexibility index (Phi) is 4.34. The molecule has 0 unspecified atom stereocenters. The molecule has 0 aliphatic heterocycles. The molecule has 0 bridgehead atoms. The molecule has 1 N–H and O–H groups in total. The van der Waals surface area contributed by atoms with Crippen molar-refractivity contribution in [3.63, 3.8) is 0 Å². The van der Waals surface area contributed by atoms with Gasteiger partial charge >= 0.3 is 6.18 Å². The molecule has 3 heterocycles. The first-order chi connectivity index (χ1) is 13.3. The van der Waals surface area contributed by atoms with Crippen LogP contribution in [0.25, 0.3) is 16.9 Å². The van der Waals surface area contributed by atoms with E-state index in [1.165, 1.54) is 52.5 Å². The number of alkyl halides is 3. The van der Waals surface area contributed by atoms with Gasteiger partial charge in [0.05, 0.1) is 23.0 Å². The van der Waals surface area contributed by atoms with Crippen LogP contribution in [-0.2, 0) is 6.18 Å². The number of amides is 1. The van der Waals surface area contributed by atoms with E-state index >= 15 is 0 Å². The van der Waals surface area contributed by atoms with Crippen molar-refractivity contribution in [2.24, 2.45) is 0 Å². The highest BCUT2D eigenvalue weighted by Crippen LogP contribution is 2.36. The van der Waals surface area contributed by atoms with Gasteiger partial charge in [0.25, 0.3) is 5.91 Å². The highest BCUT2D eigenvalue weighted by molar-refractivity contribution is 7.15. The zero-order chi connectivity index (χ0) is 19.9. The number of carbonyl (C=O) groups is 1. The molecule has 4 aromatic rings. The normalized spacial score (nSPS) is 11.7. The number of hydrogen-bond donors (Lipinski definition) is 1. The van der Waals surface area contributed by atoms with Crippen molar-refractivity contribution in [2.45, 2.75) is 13.1 Å². The number of imidazole rings is 1. The summed E-state index contributed by atoms with van der Waals surface area (Å²) in [6, 6.07) is 6.60. The molecule has 0 spiro atoms. The number of thiazole rings is 1. The van der Waals surface area contributed by atoms with Crippen molar-refractivity contribution >= 4 is 28.0 Å². The van der Waals surface area contributed by atoms with Crippen LogP contribution in [0.1, 0.15) is 20.8 Å². The van der Waals surface area contributed by atoms with Crippen molar-refractivity contribution in [3.05, 3.63) is 64.9 Å². The Morgan fingerprint density at radius 2 is 2.00 bits per heavy atom. The van der Waals surface area contributed by atoms with E-state index in [1.54, 1.807) is 6.20 Å². The number of anilines is 1. The number of rotatable bonds is 3. The van der Waals surface area contributed by atoms with Crippen molar-refractivity contribution in [2.75, 3.05) is 5.32 Å². The van der Waals surface area contributed by atoms with Gasteiger partial charge in [-0.25, -0.2) is 14.5 Å². The van der Waals surface area contributed by atoms with Gasteiger partial charge in [-0.3, -0.25) is 10.1 Å². The maximum Gasteiger partial charge on any atom is 0.417 e. The summed E-state index contributed by atoms with van der Waals surface area (Å²) < 4.78 is 41.2. The van der Waals surface area contributed by atoms with E-state index in [4.69, 9.17) is 0 Å². The predicted molar refractivity (Wildman–Crippen MR) is 98.2 cm³/mol. The third kappa shape index (κ3) is 3.33. The van der Waals surface area contributed by atoms with Crippen LogP contribution in [0.5, 0.6) is 0 Å². The SMILES string of the molecule is Cc1cnc(NC(=O)c2ccnn3cc(-c4ccccc4C(F)(F)F)nc23)s1. The Hall–Kier alpha value is -3.27. The number of fused-ring (bicyclic) bond motifs is 1. The van der Waals surface area contributed by atoms with Crippen molar-refractivity contribution in [3.8, 4) is 11.3 Å². The second-order valence-electron chi connectivity index (χ2n) is 5.91. The highest BCUT2D eigenvalue weighted by atomic mass is 32.1. The molecule has 0 atom stereocenters. The van der Waals surface area contributed by atoms with Crippen LogP contribution in [0.15, 0.2) is 48.9 Å². The average Bonchev–Trinajstić information content (AvgIpc) is 3.26. The smallest absolute Gasteiger partial charge is 0.298 e. The van der Waals surface area contributed by atoms with Gasteiger partial charge in [0, 0.05) is 22.8 Å². The summed E-state index contributed by atoms with van der Waals surface area (Å²) in [5.74, 6) is -0.469. The topological polar surface area (TPSA) is 72.2 Å². The van der Waals surface area contributed by atoms with E-state index in [1.807, 2.05) is 6.92 Å². The lowest BCUT2D eigenvalue weighted by Crippen LogP contribution is -2.13. The number of aryl methyl sites for hydroxylation is 1. The van der Waals surface area contributed by atoms with Gasteiger partial charge in [0.15, 0.2) is 10.8 Å². The van der Waals surface area contributed by atoms with Gasteiger partial charge < -0.3 is 0 Å². The molecule has 0 saturated heterocycles. The number of carbonyl (C=O) groups excluding carboxylic acids is 1. The third-order valence-corrected chi connectivity index (χ3v) is 4.78. The molecule has 6 nitrogen and oxygen atoms in total. The Morgan fingerprint density at radius 3 is 2.71 bits per heavy atom. The zero-order valence-electron chi connectivity index (χ0n) is 14.4. The van der Waals surface area contributed by atoms with Gasteiger partial charge in [0.2, 0.25) is 0 Å². The number of aromatic nitrogens is 4. The number of nitrogens with zero attached hydrogens (tertiary/aromatic N) is 4. The molecule has 4 rings (SSSR count). The van der Waals surface area contributed by atoms with E-state index < -0.39 is 17.6 Å². The maximum atomic E-state index is 13.3. The lowest BCUT2D eigenvalue weighted by Gasteiger charge is -2.10. The summed E-state index contributed by atoms with van der Waals surface area (Å²) in [7, 11) is 0. The van der Waals surface area contributed by atoms with Gasteiger partial charge in [-0.15, -0.1) is 11.3 Å². The van der Waals surface area contributed by atoms with Crippen LogP contribution < -0.4 is 5.32 Å². The molecular weight excluding hydrogens is 391 g/mol. The van der Waals surface area contributed by atoms with E-state index in [-0.39, 0.29) is 22.5 Å². The molecule has 0 saturated carbocycles. The predicted octanol–water partition coefficient (Wildman–Crippen LogP) is 4.43. The lowest BCUT2D eigenvalue weighted by molar-refractivity contribution is -0.137. The highest BCUT2D eigenvalue weighted by Gasteiger charge is 2.34. The van der Waals surface area contributed by atoms with Crippen molar-refractivity contribution in [1.82, 2.24) is 19.6 Å². The largest absolute Gasteiger partial charge is 0.417 e. The molecule has 1 amide bonds. The zero-order valence-corrected chi connectivity index (χ0v) is 15.2. The number of nitrogens with one attached hydrogen (secondary N) is 1. The van der Waals surface area contributed by atoms with Crippen LogP contribution in [0, 0.1) is 6.92 Å². The van der Waals surface area contributed by atoms with Gasteiger partial charge in [-0.1, -0.05) is 18.2 Å². The van der Waals surface area contributed by atoms with Gasteiger partial charge in [0.1, 0.15) is 0 Å². The first kappa shape index (κ1) is 18.1. The minimum absolute atomic E-state index is 0.0748. The minimum atomic E-state index is -4.53. The minimum Gasteiger partial charge on any atom is -0.298 e. The Labute approximate surface area is 160 Å². The number of hydrogen-bond acceptors (Lipinski definition) is 5. The first-order valence-corrected chi connectivity index (χ1v) is 8.89. The standard InChI is InChI=1S/C18H12F3N5OS/c1-10-8-22-17(28-10)25-16(27)12-6-7-23-26-9-14(24-15(12)26)11-4-2-3-5-13(11)18(19,20)21/h2-9H,1H3,(H,22,25,27). The van der Waals surface area contributed by atoms with E-state index in [2.05, 4.69) is 20.4 Å². The summed E-state index contributed by atoms with van der Waals surface area (Å²) in [5, 5.41) is 7.14. The molecular formula is C18H12F3N5OS. The monoisotopic (exact) mass is 403 g/mol. The van der Waals surface area contributed by atoms with Crippen molar-refractivity contribution < 1.29 is 18.0 Å². The van der Waals surface area contributed by atoms with Crippen LogP contribution >= 0.6 is 11.3 Å². The molecule has 0 fully saturated rings. The molecule has 0 aliphatic rings. The number of halogens is 3. The van der Waals surface area contributed by atoms with Gasteiger partial charge in [-0.05, 0) is 19.1 Å². The summed E-state index contributed by atoms with van der Waals surface area (Å²) in [4.78, 5) is 21.9. The maximum absolute atomic E-state index is 13.3.